The standard InChI is InChI=1S/C16H22N4OS/c1-4-14-15(22-12(2)19-14)9-18-16(21)11-20(3)10-13-5-7-17-8-6-13/h5-8H,4,9-11H2,1-3H3,(H,18,21). The average molecular weight is 318 g/mol. The number of hydrogen-bond acceptors (Lipinski definition) is 5. The van der Waals surface area contributed by atoms with Crippen molar-refractivity contribution in [1.82, 2.24) is 20.2 Å². The van der Waals surface area contributed by atoms with Crippen LogP contribution in [-0.2, 0) is 24.3 Å². The first-order valence-corrected chi connectivity index (χ1v) is 8.19. The predicted molar refractivity (Wildman–Crippen MR) is 88.6 cm³/mol. The molecule has 0 saturated heterocycles. The van der Waals surface area contributed by atoms with Crippen LogP contribution in [0, 0.1) is 6.92 Å². The summed E-state index contributed by atoms with van der Waals surface area (Å²) in [7, 11) is 1.94. The first-order chi connectivity index (χ1) is 10.6. The number of rotatable bonds is 7. The summed E-state index contributed by atoms with van der Waals surface area (Å²) in [6, 6.07) is 3.92. The van der Waals surface area contributed by atoms with Crippen molar-refractivity contribution in [2.75, 3.05) is 13.6 Å². The summed E-state index contributed by atoms with van der Waals surface area (Å²) in [6.45, 7) is 5.76. The first-order valence-electron chi connectivity index (χ1n) is 7.37. The zero-order chi connectivity index (χ0) is 15.9. The van der Waals surface area contributed by atoms with E-state index in [-0.39, 0.29) is 5.91 Å². The fourth-order valence-corrected chi connectivity index (χ4v) is 3.23. The molecule has 22 heavy (non-hydrogen) atoms. The highest BCUT2D eigenvalue weighted by molar-refractivity contribution is 7.11. The van der Waals surface area contributed by atoms with Crippen LogP contribution in [-0.4, -0.2) is 34.4 Å². The number of thiazole rings is 1. The summed E-state index contributed by atoms with van der Waals surface area (Å²) in [5.74, 6) is 0.0321. The van der Waals surface area contributed by atoms with Crippen molar-refractivity contribution in [3.05, 3.63) is 45.7 Å². The molecule has 2 aromatic heterocycles. The highest BCUT2D eigenvalue weighted by Gasteiger charge is 2.10. The van der Waals surface area contributed by atoms with E-state index in [0.717, 1.165) is 34.1 Å². The molecule has 0 spiro atoms. The number of aryl methyl sites for hydroxylation is 2. The molecule has 118 valence electrons. The molecule has 0 aliphatic rings. The van der Waals surface area contributed by atoms with Crippen molar-refractivity contribution >= 4 is 17.2 Å². The van der Waals surface area contributed by atoms with Crippen molar-refractivity contribution in [2.24, 2.45) is 0 Å². The minimum atomic E-state index is 0.0321. The summed E-state index contributed by atoms with van der Waals surface area (Å²) in [6.07, 6.45) is 4.43. The molecule has 0 fully saturated rings. The smallest absolute Gasteiger partial charge is 0.234 e. The normalized spacial score (nSPS) is 10.9. The molecule has 2 aromatic rings. The number of pyridine rings is 1. The maximum Gasteiger partial charge on any atom is 0.234 e. The van der Waals surface area contributed by atoms with Gasteiger partial charge in [-0.1, -0.05) is 6.92 Å². The third-order valence-corrected chi connectivity index (χ3v) is 4.29. The number of carbonyl (C=O) groups excluding carboxylic acids is 1. The maximum atomic E-state index is 12.0. The van der Waals surface area contributed by atoms with E-state index in [1.165, 1.54) is 0 Å². The molecular formula is C16H22N4OS. The van der Waals surface area contributed by atoms with Crippen LogP contribution in [0.25, 0.3) is 0 Å². The van der Waals surface area contributed by atoms with Gasteiger partial charge in [-0.05, 0) is 38.1 Å². The third-order valence-electron chi connectivity index (χ3n) is 3.28. The Kier molecular flexibility index (Phi) is 6.03. The van der Waals surface area contributed by atoms with Crippen LogP contribution < -0.4 is 5.32 Å². The highest BCUT2D eigenvalue weighted by atomic mass is 32.1. The van der Waals surface area contributed by atoms with Gasteiger partial charge in [-0.15, -0.1) is 11.3 Å². The minimum Gasteiger partial charge on any atom is -0.350 e. The van der Waals surface area contributed by atoms with Gasteiger partial charge in [0.1, 0.15) is 0 Å². The Balaban J connectivity index is 1.80. The van der Waals surface area contributed by atoms with E-state index in [9.17, 15) is 4.79 Å². The lowest BCUT2D eigenvalue weighted by Gasteiger charge is -2.16. The summed E-state index contributed by atoms with van der Waals surface area (Å²) in [5, 5.41) is 4.03. The zero-order valence-corrected chi connectivity index (χ0v) is 14.1. The second kappa shape index (κ2) is 8.00. The van der Waals surface area contributed by atoms with Crippen molar-refractivity contribution in [3.63, 3.8) is 0 Å². The molecule has 2 heterocycles. The predicted octanol–water partition coefficient (Wildman–Crippen LogP) is 2.16. The number of aromatic nitrogens is 2. The maximum absolute atomic E-state index is 12.0. The third kappa shape index (κ3) is 4.89. The highest BCUT2D eigenvalue weighted by Crippen LogP contribution is 2.18. The Morgan fingerprint density at radius 3 is 2.77 bits per heavy atom. The summed E-state index contributed by atoms with van der Waals surface area (Å²) in [4.78, 5) is 23.7. The van der Waals surface area contributed by atoms with Gasteiger partial charge in [0.2, 0.25) is 5.91 Å². The molecule has 6 heteroatoms. The lowest BCUT2D eigenvalue weighted by molar-refractivity contribution is -0.122. The Hall–Kier alpha value is -1.79. The van der Waals surface area contributed by atoms with Gasteiger partial charge < -0.3 is 5.32 Å². The van der Waals surface area contributed by atoms with Gasteiger partial charge in [-0.25, -0.2) is 4.98 Å². The van der Waals surface area contributed by atoms with Crippen LogP contribution in [0.3, 0.4) is 0 Å². The number of nitrogens with one attached hydrogen (secondary N) is 1. The Bertz CT molecular complexity index is 612. The average Bonchev–Trinajstić information content (AvgIpc) is 2.86. The molecule has 0 radical (unpaired) electrons. The monoisotopic (exact) mass is 318 g/mol. The zero-order valence-electron chi connectivity index (χ0n) is 13.3. The van der Waals surface area contributed by atoms with Crippen LogP contribution in [0.15, 0.2) is 24.5 Å². The van der Waals surface area contributed by atoms with Crippen molar-refractivity contribution in [2.45, 2.75) is 33.4 Å². The van der Waals surface area contributed by atoms with Gasteiger partial charge in [0, 0.05) is 23.8 Å². The molecule has 0 unspecified atom stereocenters. The molecule has 5 nitrogen and oxygen atoms in total. The molecule has 2 rings (SSSR count). The van der Waals surface area contributed by atoms with E-state index in [0.29, 0.717) is 13.1 Å². The van der Waals surface area contributed by atoms with Gasteiger partial charge in [0.25, 0.3) is 0 Å². The number of carbonyl (C=O) groups is 1. The molecule has 0 aliphatic carbocycles. The van der Waals surface area contributed by atoms with Gasteiger partial charge in [-0.3, -0.25) is 14.7 Å². The van der Waals surface area contributed by atoms with Gasteiger partial charge in [0.15, 0.2) is 0 Å². The Morgan fingerprint density at radius 2 is 2.09 bits per heavy atom. The number of nitrogens with zero attached hydrogens (tertiary/aromatic N) is 3. The SMILES string of the molecule is CCc1nc(C)sc1CNC(=O)CN(C)Cc1ccncc1. The second-order valence-electron chi connectivity index (χ2n) is 5.26. The van der Waals surface area contributed by atoms with Crippen LogP contribution in [0.5, 0.6) is 0 Å². The van der Waals surface area contributed by atoms with Crippen molar-refractivity contribution in [3.8, 4) is 0 Å². The largest absolute Gasteiger partial charge is 0.350 e. The molecule has 1 N–H and O–H groups in total. The number of amides is 1. The molecule has 0 atom stereocenters. The summed E-state index contributed by atoms with van der Waals surface area (Å²) < 4.78 is 0. The first kappa shape index (κ1) is 16.6. The number of likely N-dealkylation sites (N-methyl/N-ethyl adjacent to an activating group) is 1. The fraction of sp³-hybridized carbons (Fsp3) is 0.438. The lowest BCUT2D eigenvalue weighted by atomic mass is 10.2. The van der Waals surface area contributed by atoms with Gasteiger partial charge in [0.05, 0.1) is 23.8 Å². The second-order valence-corrected chi connectivity index (χ2v) is 6.55. The van der Waals surface area contributed by atoms with Gasteiger partial charge >= 0.3 is 0 Å². The lowest BCUT2D eigenvalue weighted by Crippen LogP contribution is -2.34. The molecule has 0 aliphatic heterocycles. The number of hydrogen-bond donors (Lipinski definition) is 1. The minimum absolute atomic E-state index is 0.0321. The Morgan fingerprint density at radius 1 is 1.36 bits per heavy atom. The van der Waals surface area contributed by atoms with Crippen LogP contribution >= 0.6 is 11.3 Å². The van der Waals surface area contributed by atoms with Crippen molar-refractivity contribution < 1.29 is 4.79 Å². The Labute approximate surface area is 135 Å². The molecule has 0 bridgehead atoms. The fourth-order valence-electron chi connectivity index (χ4n) is 2.26. The van der Waals surface area contributed by atoms with E-state index < -0.39 is 0 Å². The van der Waals surface area contributed by atoms with Gasteiger partial charge in [-0.2, -0.15) is 0 Å². The summed E-state index contributed by atoms with van der Waals surface area (Å²) >= 11 is 1.66. The van der Waals surface area contributed by atoms with E-state index in [2.05, 4.69) is 22.2 Å². The van der Waals surface area contributed by atoms with E-state index in [4.69, 9.17) is 0 Å². The topological polar surface area (TPSA) is 58.1 Å². The van der Waals surface area contributed by atoms with Crippen LogP contribution in [0.2, 0.25) is 0 Å². The quantitative estimate of drug-likeness (QED) is 0.850. The van der Waals surface area contributed by atoms with Crippen LogP contribution in [0.4, 0.5) is 0 Å². The van der Waals surface area contributed by atoms with E-state index in [1.807, 2.05) is 31.0 Å². The van der Waals surface area contributed by atoms with E-state index >= 15 is 0 Å². The molecule has 0 saturated carbocycles. The molecule has 1 amide bonds. The van der Waals surface area contributed by atoms with Crippen molar-refractivity contribution in [1.29, 1.82) is 0 Å². The molecule has 0 aromatic carbocycles. The van der Waals surface area contributed by atoms with Crippen LogP contribution in [0.1, 0.15) is 28.1 Å². The summed E-state index contributed by atoms with van der Waals surface area (Å²) in [5.41, 5.74) is 2.24. The van der Waals surface area contributed by atoms with E-state index in [1.54, 1.807) is 23.7 Å². The molecular weight excluding hydrogens is 296 g/mol.